The maximum absolute atomic E-state index is 12.3. The van der Waals surface area contributed by atoms with Crippen LogP contribution in [0.2, 0.25) is 0 Å². The first-order valence-corrected chi connectivity index (χ1v) is 6.95. The Hall–Kier alpha value is -1.71. The molecule has 0 aliphatic heterocycles. The van der Waals surface area contributed by atoms with Crippen molar-refractivity contribution in [2.24, 2.45) is 0 Å². The van der Waals surface area contributed by atoms with Crippen molar-refractivity contribution in [3.8, 4) is 5.75 Å². The number of anilines is 1. The molecule has 1 amide bonds. The lowest BCUT2D eigenvalue weighted by Crippen LogP contribution is -2.34. The zero-order chi connectivity index (χ0) is 13.7. The summed E-state index contributed by atoms with van der Waals surface area (Å²) in [7, 11) is 1.54. The molecule has 0 radical (unpaired) electrons. The number of nitrogens with two attached hydrogens (primary N) is 1. The molecule has 0 atom stereocenters. The Morgan fingerprint density at radius 2 is 1.95 bits per heavy atom. The molecule has 0 aromatic heterocycles. The first kappa shape index (κ1) is 13.7. The molecule has 104 valence electrons. The molecule has 0 saturated heterocycles. The minimum absolute atomic E-state index is 0.0870. The van der Waals surface area contributed by atoms with Gasteiger partial charge in [0.15, 0.2) is 5.75 Å². The number of benzene rings is 1. The normalized spacial score (nSPS) is 16.7. The van der Waals surface area contributed by atoms with E-state index in [1.54, 1.807) is 18.2 Å². The van der Waals surface area contributed by atoms with Crippen molar-refractivity contribution in [2.45, 2.75) is 44.6 Å². The molecule has 2 rings (SSSR count). The summed E-state index contributed by atoms with van der Waals surface area (Å²) in [5.74, 6) is 0.379. The number of ether oxygens (including phenoxy) is 1. The Kier molecular flexibility index (Phi) is 4.66. The lowest BCUT2D eigenvalue weighted by atomic mass is 10.1. The fraction of sp³-hybridized carbons (Fsp3) is 0.533. The highest BCUT2D eigenvalue weighted by atomic mass is 16.5. The Labute approximate surface area is 114 Å². The molecule has 1 fully saturated rings. The number of carbonyl (C=O) groups excluding carboxylic acids is 1. The van der Waals surface area contributed by atoms with Gasteiger partial charge in [-0.3, -0.25) is 4.79 Å². The van der Waals surface area contributed by atoms with Crippen LogP contribution in [0.4, 0.5) is 5.69 Å². The van der Waals surface area contributed by atoms with Gasteiger partial charge in [-0.05, 0) is 25.0 Å². The quantitative estimate of drug-likeness (QED) is 0.650. The van der Waals surface area contributed by atoms with E-state index in [4.69, 9.17) is 10.5 Å². The summed E-state index contributed by atoms with van der Waals surface area (Å²) in [4.78, 5) is 12.3. The zero-order valence-electron chi connectivity index (χ0n) is 11.4. The van der Waals surface area contributed by atoms with Crippen LogP contribution >= 0.6 is 0 Å². The molecule has 0 spiro atoms. The average Bonchev–Trinajstić information content (AvgIpc) is 2.67. The van der Waals surface area contributed by atoms with Crippen LogP contribution in [-0.4, -0.2) is 19.1 Å². The molecule has 1 saturated carbocycles. The van der Waals surface area contributed by atoms with Gasteiger partial charge in [-0.2, -0.15) is 0 Å². The second-order valence-corrected chi connectivity index (χ2v) is 5.09. The molecular weight excluding hydrogens is 240 g/mol. The number of nitrogens with one attached hydrogen (secondary N) is 1. The van der Waals surface area contributed by atoms with E-state index in [0.717, 1.165) is 12.8 Å². The van der Waals surface area contributed by atoms with Crippen LogP contribution in [-0.2, 0) is 0 Å². The van der Waals surface area contributed by atoms with Crippen LogP contribution < -0.4 is 15.8 Å². The third-order valence-corrected chi connectivity index (χ3v) is 3.68. The van der Waals surface area contributed by atoms with Crippen molar-refractivity contribution in [1.82, 2.24) is 5.32 Å². The predicted molar refractivity (Wildman–Crippen MR) is 76.4 cm³/mol. The number of carbonyl (C=O) groups is 1. The lowest BCUT2D eigenvalue weighted by molar-refractivity contribution is 0.0930. The van der Waals surface area contributed by atoms with Gasteiger partial charge in [-0.25, -0.2) is 0 Å². The monoisotopic (exact) mass is 262 g/mol. The van der Waals surface area contributed by atoms with E-state index in [2.05, 4.69) is 5.32 Å². The number of nitrogen functional groups attached to an aromatic ring is 1. The van der Waals surface area contributed by atoms with Crippen molar-refractivity contribution in [3.05, 3.63) is 23.8 Å². The van der Waals surface area contributed by atoms with Gasteiger partial charge in [0.1, 0.15) is 0 Å². The standard InChI is InChI=1S/C15H22N2O2/c1-19-14-12(9-6-10-13(14)16)15(18)17-11-7-4-2-3-5-8-11/h6,9-11H,2-5,7-8,16H2,1H3,(H,17,18). The number of para-hydroxylation sites is 1. The highest BCUT2D eigenvalue weighted by Crippen LogP contribution is 2.26. The van der Waals surface area contributed by atoms with Crippen molar-refractivity contribution < 1.29 is 9.53 Å². The third-order valence-electron chi connectivity index (χ3n) is 3.68. The summed E-state index contributed by atoms with van der Waals surface area (Å²) in [5.41, 5.74) is 6.84. The highest BCUT2D eigenvalue weighted by Gasteiger charge is 2.19. The largest absolute Gasteiger partial charge is 0.494 e. The Morgan fingerprint density at radius 3 is 2.58 bits per heavy atom. The average molecular weight is 262 g/mol. The SMILES string of the molecule is COc1c(N)cccc1C(=O)NC1CCCCCC1. The first-order chi connectivity index (χ1) is 9.22. The van der Waals surface area contributed by atoms with Gasteiger partial charge in [0.2, 0.25) is 0 Å². The van der Waals surface area contributed by atoms with E-state index >= 15 is 0 Å². The molecule has 1 aromatic rings. The minimum Gasteiger partial charge on any atom is -0.494 e. The Bertz CT molecular complexity index is 438. The van der Waals surface area contributed by atoms with Crippen LogP contribution in [0, 0.1) is 0 Å². The van der Waals surface area contributed by atoms with Crippen molar-refractivity contribution in [2.75, 3.05) is 12.8 Å². The smallest absolute Gasteiger partial charge is 0.255 e. The number of amides is 1. The zero-order valence-corrected chi connectivity index (χ0v) is 11.4. The summed E-state index contributed by atoms with van der Waals surface area (Å²) in [6.45, 7) is 0. The van der Waals surface area contributed by atoms with E-state index in [9.17, 15) is 4.79 Å². The van der Waals surface area contributed by atoms with Crippen LogP contribution in [0.15, 0.2) is 18.2 Å². The maximum atomic E-state index is 12.3. The number of rotatable bonds is 3. The van der Waals surface area contributed by atoms with Crippen LogP contribution in [0.3, 0.4) is 0 Å². The van der Waals surface area contributed by atoms with Crippen LogP contribution in [0.1, 0.15) is 48.9 Å². The molecule has 0 heterocycles. The number of methoxy groups -OCH3 is 1. The molecule has 1 aliphatic carbocycles. The molecule has 0 bridgehead atoms. The van der Waals surface area contributed by atoms with E-state index in [-0.39, 0.29) is 11.9 Å². The minimum atomic E-state index is -0.0870. The van der Waals surface area contributed by atoms with Gasteiger partial charge in [-0.1, -0.05) is 31.7 Å². The molecule has 4 heteroatoms. The van der Waals surface area contributed by atoms with Crippen LogP contribution in [0.25, 0.3) is 0 Å². The summed E-state index contributed by atoms with van der Waals surface area (Å²) >= 11 is 0. The second kappa shape index (κ2) is 6.45. The molecule has 1 aliphatic rings. The summed E-state index contributed by atoms with van der Waals surface area (Å²) < 4.78 is 5.23. The van der Waals surface area contributed by atoms with E-state index in [1.807, 2.05) is 0 Å². The van der Waals surface area contributed by atoms with E-state index in [1.165, 1.54) is 32.8 Å². The van der Waals surface area contributed by atoms with Gasteiger partial charge < -0.3 is 15.8 Å². The predicted octanol–water partition coefficient (Wildman–Crippen LogP) is 2.73. The van der Waals surface area contributed by atoms with Crippen molar-refractivity contribution >= 4 is 11.6 Å². The second-order valence-electron chi connectivity index (χ2n) is 5.09. The summed E-state index contributed by atoms with van der Waals surface area (Å²) in [5, 5.41) is 3.10. The van der Waals surface area contributed by atoms with Gasteiger partial charge in [0.05, 0.1) is 18.4 Å². The van der Waals surface area contributed by atoms with Crippen molar-refractivity contribution in [3.63, 3.8) is 0 Å². The van der Waals surface area contributed by atoms with Gasteiger partial charge in [-0.15, -0.1) is 0 Å². The molecule has 4 nitrogen and oxygen atoms in total. The molecule has 3 N–H and O–H groups in total. The van der Waals surface area contributed by atoms with Gasteiger partial charge in [0.25, 0.3) is 5.91 Å². The van der Waals surface area contributed by atoms with Gasteiger partial charge in [0, 0.05) is 6.04 Å². The van der Waals surface area contributed by atoms with E-state index in [0.29, 0.717) is 17.0 Å². The maximum Gasteiger partial charge on any atom is 0.255 e. The van der Waals surface area contributed by atoms with Crippen LogP contribution in [0.5, 0.6) is 5.75 Å². The first-order valence-electron chi connectivity index (χ1n) is 6.95. The van der Waals surface area contributed by atoms with E-state index < -0.39 is 0 Å². The number of hydrogen-bond acceptors (Lipinski definition) is 3. The fourth-order valence-electron chi connectivity index (χ4n) is 2.65. The topological polar surface area (TPSA) is 64.3 Å². The Morgan fingerprint density at radius 1 is 1.26 bits per heavy atom. The molecular formula is C15H22N2O2. The molecule has 1 aromatic carbocycles. The fourth-order valence-corrected chi connectivity index (χ4v) is 2.65. The summed E-state index contributed by atoms with van der Waals surface area (Å²) in [6.07, 6.45) is 7.06. The molecule has 19 heavy (non-hydrogen) atoms. The molecule has 0 unspecified atom stereocenters. The third kappa shape index (κ3) is 3.40. The number of hydrogen-bond donors (Lipinski definition) is 2. The highest BCUT2D eigenvalue weighted by molar-refractivity contribution is 5.98. The van der Waals surface area contributed by atoms with Gasteiger partial charge >= 0.3 is 0 Å². The van der Waals surface area contributed by atoms with Crippen molar-refractivity contribution in [1.29, 1.82) is 0 Å². The summed E-state index contributed by atoms with van der Waals surface area (Å²) in [6, 6.07) is 5.55. The Balaban J connectivity index is 2.09. The lowest BCUT2D eigenvalue weighted by Gasteiger charge is -2.17.